The maximum Gasteiger partial charge on any atom is 0.363 e. The van der Waals surface area contributed by atoms with Crippen molar-refractivity contribution in [1.82, 2.24) is 0 Å². The minimum absolute atomic E-state index is 0.293. The maximum atomic E-state index is 11.9. The zero-order chi connectivity index (χ0) is 15.5. The van der Waals surface area contributed by atoms with Gasteiger partial charge in [-0.25, -0.2) is 9.79 Å². The molecule has 0 atom stereocenters. The van der Waals surface area contributed by atoms with Gasteiger partial charge in [0.2, 0.25) is 5.90 Å². The summed E-state index contributed by atoms with van der Waals surface area (Å²) in [4.78, 5) is 17.3. The molecule has 1 heterocycles. The van der Waals surface area contributed by atoms with Crippen LogP contribution in [0, 0.1) is 0 Å². The largest absolute Gasteiger partial charge is 0.402 e. The van der Waals surface area contributed by atoms with Crippen LogP contribution in [0.2, 0.25) is 5.02 Å². The molecule has 2 aromatic carbocycles. The molecule has 2 aromatic rings. The molecule has 0 fully saturated rings. The molecule has 3 rings (SSSR count). The first-order valence-electron chi connectivity index (χ1n) is 6.58. The topological polar surface area (TPSA) is 38.7 Å². The number of carbonyl (C=O) groups excluding carboxylic acids is 1. The smallest absolute Gasteiger partial charge is 0.363 e. The lowest BCUT2D eigenvalue weighted by Gasteiger charge is -1.98. The molecule has 0 bridgehead atoms. The van der Waals surface area contributed by atoms with E-state index in [4.69, 9.17) is 16.3 Å². The summed E-state index contributed by atoms with van der Waals surface area (Å²) < 4.78 is 5.21. The van der Waals surface area contributed by atoms with Crippen LogP contribution in [-0.4, -0.2) is 18.1 Å². The zero-order valence-electron chi connectivity index (χ0n) is 11.7. The zero-order valence-corrected chi connectivity index (χ0v) is 13.3. The Bertz CT molecular complexity index is 764. The third kappa shape index (κ3) is 3.24. The number of cyclic esters (lactones) is 1. The van der Waals surface area contributed by atoms with Crippen molar-refractivity contribution < 1.29 is 9.53 Å². The van der Waals surface area contributed by atoms with Crippen LogP contribution in [0.15, 0.2) is 64.1 Å². The van der Waals surface area contributed by atoms with Gasteiger partial charge in [-0.15, -0.1) is 11.8 Å². The van der Waals surface area contributed by atoms with Crippen molar-refractivity contribution in [2.45, 2.75) is 4.90 Å². The Kier molecular flexibility index (Phi) is 4.32. The molecule has 0 amide bonds. The predicted molar refractivity (Wildman–Crippen MR) is 90.3 cm³/mol. The highest BCUT2D eigenvalue weighted by atomic mass is 35.5. The van der Waals surface area contributed by atoms with E-state index in [1.807, 2.05) is 30.5 Å². The number of esters is 1. The van der Waals surface area contributed by atoms with Crippen LogP contribution >= 0.6 is 23.4 Å². The van der Waals surface area contributed by atoms with Crippen molar-refractivity contribution in [3.8, 4) is 0 Å². The fourth-order valence-electron chi connectivity index (χ4n) is 1.98. The second kappa shape index (κ2) is 6.38. The van der Waals surface area contributed by atoms with Gasteiger partial charge >= 0.3 is 5.97 Å². The highest BCUT2D eigenvalue weighted by Gasteiger charge is 2.23. The fourth-order valence-corrected chi connectivity index (χ4v) is 2.52. The van der Waals surface area contributed by atoms with Gasteiger partial charge in [0.05, 0.1) is 0 Å². The molecule has 0 radical (unpaired) electrons. The molecule has 1 aliphatic rings. The minimum atomic E-state index is -0.445. The molecule has 0 aromatic heterocycles. The molecular weight excluding hydrogens is 318 g/mol. The first-order chi connectivity index (χ1) is 10.7. The Morgan fingerprint density at radius 3 is 2.41 bits per heavy atom. The predicted octanol–water partition coefficient (Wildman–Crippen LogP) is 4.41. The van der Waals surface area contributed by atoms with Crippen molar-refractivity contribution in [2.75, 3.05) is 6.26 Å². The minimum Gasteiger partial charge on any atom is -0.402 e. The number of rotatable bonds is 3. The first kappa shape index (κ1) is 14.9. The van der Waals surface area contributed by atoms with Crippen molar-refractivity contribution in [3.05, 3.63) is 70.4 Å². The Morgan fingerprint density at radius 1 is 1.09 bits per heavy atom. The molecule has 3 nitrogen and oxygen atoms in total. The van der Waals surface area contributed by atoms with E-state index in [1.165, 1.54) is 4.90 Å². The Balaban J connectivity index is 1.88. The van der Waals surface area contributed by atoms with E-state index in [0.29, 0.717) is 16.6 Å². The molecular formula is C17H12ClNO2S. The molecule has 0 saturated heterocycles. The molecule has 0 aliphatic carbocycles. The first-order valence-corrected chi connectivity index (χ1v) is 8.18. The number of halogens is 1. The van der Waals surface area contributed by atoms with Crippen molar-refractivity contribution >= 4 is 41.3 Å². The van der Waals surface area contributed by atoms with Gasteiger partial charge in [-0.2, -0.15) is 0 Å². The Labute approximate surface area is 137 Å². The average molecular weight is 330 g/mol. The fraction of sp³-hybridized carbons (Fsp3) is 0.0588. The molecule has 0 unspecified atom stereocenters. The Hall–Kier alpha value is -2.04. The van der Waals surface area contributed by atoms with Crippen LogP contribution in [0.25, 0.3) is 6.08 Å². The lowest BCUT2D eigenvalue weighted by molar-refractivity contribution is -0.129. The third-order valence-electron chi connectivity index (χ3n) is 3.13. The number of ether oxygens (including phenoxy) is 1. The van der Waals surface area contributed by atoms with Crippen LogP contribution in [0.5, 0.6) is 0 Å². The monoisotopic (exact) mass is 329 g/mol. The number of benzene rings is 2. The summed E-state index contributed by atoms with van der Waals surface area (Å²) in [5.41, 5.74) is 1.92. The van der Waals surface area contributed by atoms with Crippen molar-refractivity contribution in [3.63, 3.8) is 0 Å². The lowest BCUT2D eigenvalue weighted by Crippen LogP contribution is -2.05. The second-order valence-electron chi connectivity index (χ2n) is 4.62. The van der Waals surface area contributed by atoms with E-state index in [1.54, 1.807) is 42.1 Å². The van der Waals surface area contributed by atoms with Gasteiger partial charge in [0.1, 0.15) is 0 Å². The van der Waals surface area contributed by atoms with Gasteiger partial charge in [0, 0.05) is 15.5 Å². The van der Waals surface area contributed by atoms with Crippen LogP contribution in [0.4, 0.5) is 0 Å². The number of thioether (sulfide) groups is 1. The number of carbonyl (C=O) groups is 1. The molecule has 0 saturated carbocycles. The summed E-state index contributed by atoms with van der Waals surface area (Å²) in [5, 5.41) is 0.623. The molecule has 110 valence electrons. The van der Waals surface area contributed by atoms with Crippen LogP contribution in [0.1, 0.15) is 11.1 Å². The molecule has 0 spiro atoms. The van der Waals surface area contributed by atoms with E-state index < -0.39 is 5.97 Å². The average Bonchev–Trinajstić information content (AvgIpc) is 2.90. The summed E-state index contributed by atoms with van der Waals surface area (Å²) >= 11 is 7.52. The van der Waals surface area contributed by atoms with Gasteiger partial charge in [0.25, 0.3) is 0 Å². The highest BCUT2D eigenvalue weighted by molar-refractivity contribution is 7.98. The number of hydrogen-bond acceptors (Lipinski definition) is 4. The standard InChI is InChI=1S/C17H12ClNO2S/c1-22-14-8-2-11(3-9-14)10-15-17(20)21-16(19-15)12-4-6-13(18)7-5-12/h2-10H,1H3. The van der Waals surface area contributed by atoms with Crippen LogP contribution in [0.3, 0.4) is 0 Å². The summed E-state index contributed by atoms with van der Waals surface area (Å²) in [6.45, 7) is 0. The molecule has 5 heteroatoms. The highest BCUT2D eigenvalue weighted by Crippen LogP contribution is 2.21. The Morgan fingerprint density at radius 2 is 1.77 bits per heavy atom. The summed E-state index contributed by atoms with van der Waals surface area (Å²) in [6, 6.07) is 14.9. The van der Waals surface area contributed by atoms with E-state index in [0.717, 1.165) is 11.1 Å². The van der Waals surface area contributed by atoms with Gasteiger partial charge in [-0.1, -0.05) is 23.7 Å². The van der Waals surface area contributed by atoms with Gasteiger partial charge in [0.15, 0.2) is 5.70 Å². The van der Waals surface area contributed by atoms with Gasteiger partial charge in [-0.05, 0) is 54.3 Å². The number of aliphatic imine (C=N–C) groups is 1. The van der Waals surface area contributed by atoms with Crippen LogP contribution in [-0.2, 0) is 9.53 Å². The van der Waals surface area contributed by atoms with E-state index in [-0.39, 0.29) is 0 Å². The number of hydrogen-bond donors (Lipinski definition) is 0. The normalized spacial score (nSPS) is 15.8. The molecule has 0 N–H and O–H groups in total. The molecule has 22 heavy (non-hydrogen) atoms. The van der Waals surface area contributed by atoms with Crippen LogP contribution < -0.4 is 0 Å². The van der Waals surface area contributed by atoms with Gasteiger partial charge < -0.3 is 4.74 Å². The summed E-state index contributed by atoms with van der Waals surface area (Å²) in [5.74, 6) is -0.146. The number of nitrogens with zero attached hydrogens (tertiary/aromatic N) is 1. The maximum absolute atomic E-state index is 11.9. The van der Waals surface area contributed by atoms with E-state index in [9.17, 15) is 4.79 Å². The van der Waals surface area contributed by atoms with E-state index >= 15 is 0 Å². The van der Waals surface area contributed by atoms with E-state index in [2.05, 4.69) is 4.99 Å². The third-order valence-corrected chi connectivity index (χ3v) is 4.13. The lowest BCUT2D eigenvalue weighted by atomic mass is 10.2. The summed E-state index contributed by atoms with van der Waals surface area (Å²) in [6.07, 6.45) is 3.74. The summed E-state index contributed by atoms with van der Waals surface area (Å²) in [7, 11) is 0. The van der Waals surface area contributed by atoms with Crippen molar-refractivity contribution in [1.29, 1.82) is 0 Å². The van der Waals surface area contributed by atoms with Crippen molar-refractivity contribution in [2.24, 2.45) is 4.99 Å². The quantitative estimate of drug-likeness (QED) is 0.476. The second-order valence-corrected chi connectivity index (χ2v) is 5.93. The SMILES string of the molecule is CSc1ccc(C=C2N=C(c3ccc(Cl)cc3)OC2=O)cc1. The molecule has 1 aliphatic heterocycles. The van der Waals surface area contributed by atoms with Gasteiger partial charge in [-0.3, -0.25) is 0 Å².